The molecular weight excluding hydrogens is 170 g/mol. The summed E-state index contributed by atoms with van der Waals surface area (Å²) < 4.78 is 10.4. The predicted octanol–water partition coefficient (Wildman–Crippen LogP) is 0.886. The van der Waals surface area contributed by atoms with Gasteiger partial charge in [-0.15, -0.1) is 10.2 Å². The molecule has 1 heterocycles. The Morgan fingerprint density at radius 1 is 1.54 bits per heavy atom. The number of hydrogen-bond acceptors (Lipinski definition) is 5. The van der Waals surface area contributed by atoms with Gasteiger partial charge in [-0.05, 0) is 13.5 Å². The van der Waals surface area contributed by atoms with Gasteiger partial charge in [-0.3, -0.25) is 0 Å². The summed E-state index contributed by atoms with van der Waals surface area (Å²) >= 11 is 0. The van der Waals surface area contributed by atoms with Gasteiger partial charge in [-0.2, -0.15) is 0 Å². The van der Waals surface area contributed by atoms with Gasteiger partial charge in [0.05, 0.1) is 6.54 Å². The second-order valence-corrected chi connectivity index (χ2v) is 2.69. The molecule has 0 aliphatic heterocycles. The standard InChI is InChI=1S/C8H15N3O2/c1-4-9-5-7-10-11-8(13-7)6(2)12-3/h6,9H,4-5H2,1-3H3. The maximum atomic E-state index is 5.33. The molecular formula is C8H15N3O2. The molecule has 0 radical (unpaired) electrons. The lowest BCUT2D eigenvalue weighted by atomic mass is 10.4. The number of nitrogens with zero attached hydrogens (tertiary/aromatic N) is 2. The van der Waals surface area contributed by atoms with Crippen LogP contribution < -0.4 is 5.32 Å². The second-order valence-electron chi connectivity index (χ2n) is 2.69. The van der Waals surface area contributed by atoms with Crippen LogP contribution in [0.3, 0.4) is 0 Å². The van der Waals surface area contributed by atoms with E-state index in [0.29, 0.717) is 18.3 Å². The summed E-state index contributed by atoms with van der Waals surface area (Å²) in [5.41, 5.74) is 0. The first-order valence-corrected chi connectivity index (χ1v) is 4.33. The quantitative estimate of drug-likeness (QED) is 0.738. The molecule has 13 heavy (non-hydrogen) atoms. The highest BCUT2D eigenvalue weighted by Crippen LogP contribution is 2.13. The molecule has 0 saturated carbocycles. The highest BCUT2D eigenvalue weighted by Gasteiger charge is 2.11. The van der Waals surface area contributed by atoms with Crippen molar-refractivity contribution < 1.29 is 9.15 Å². The Hall–Kier alpha value is -0.940. The van der Waals surface area contributed by atoms with Crippen molar-refractivity contribution in [3.8, 4) is 0 Å². The fraction of sp³-hybridized carbons (Fsp3) is 0.750. The zero-order chi connectivity index (χ0) is 9.68. The monoisotopic (exact) mass is 185 g/mol. The molecule has 1 rings (SSSR count). The van der Waals surface area contributed by atoms with E-state index < -0.39 is 0 Å². The molecule has 1 aromatic rings. The number of rotatable bonds is 5. The molecule has 1 unspecified atom stereocenters. The van der Waals surface area contributed by atoms with Gasteiger partial charge in [0.1, 0.15) is 6.10 Å². The van der Waals surface area contributed by atoms with E-state index in [1.54, 1.807) is 7.11 Å². The third-order valence-electron chi connectivity index (χ3n) is 1.71. The summed E-state index contributed by atoms with van der Waals surface area (Å²) in [6.45, 7) is 5.39. The van der Waals surface area contributed by atoms with Gasteiger partial charge in [-0.1, -0.05) is 6.92 Å². The van der Waals surface area contributed by atoms with Crippen LogP contribution in [0.15, 0.2) is 4.42 Å². The molecule has 1 atom stereocenters. The summed E-state index contributed by atoms with van der Waals surface area (Å²) in [5, 5.41) is 10.8. The zero-order valence-electron chi connectivity index (χ0n) is 8.20. The van der Waals surface area contributed by atoms with Gasteiger partial charge in [0.25, 0.3) is 0 Å². The van der Waals surface area contributed by atoms with Crippen LogP contribution in [0, 0.1) is 0 Å². The Kier molecular flexibility index (Phi) is 3.85. The van der Waals surface area contributed by atoms with E-state index in [2.05, 4.69) is 15.5 Å². The van der Waals surface area contributed by atoms with Crippen LogP contribution in [0.1, 0.15) is 31.7 Å². The summed E-state index contributed by atoms with van der Waals surface area (Å²) in [6.07, 6.45) is -0.136. The Bertz CT molecular complexity index is 249. The summed E-state index contributed by atoms with van der Waals surface area (Å²) in [7, 11) is 1.61. The van der Waals surface area contributed by atoms with Crippen molar-refractivity contribution in [3.63, 3.8) is 0 Å². The van der Waals surface area contributed by atoms with Crippen molar-refractivity contribution in [2.45, 2.75) is 26.5 Å². The molecule has 0 aliphatic rings. The van der Waals surface area contributed by atoms with Gasteiger partial charge in [0, 0.05) is 7.11 Å². The first-order chi connectivity index (χ1) is 6.27. The molecule has 74 valence electrons. The first-order valence-electron chi connectivity index (χ1n) is 4.33. The largest absolute Gasteiger partial charge is 0.421 e. The Morgan fingerprint density at radius 2 is 2.31 bits per heavy atom. The van der Waals surface area contributed by atoms with E-state index in [1.165, 1.54) is 0 Å². The molecule has 1 N–H and O–H groups in total. The van der Waals surface area contributed by atoms with Gasteiger partial charge < -0.3 is 14.5 Å². The lowest BCUT2D eigenvalue weighted by molar-refractivity contribution is 0.0934. The van der Waals surface area contributed by atoms with Crippen LogP contribution in [0.25, 0.3) is 0 Å². The maximum Gasteiger partial charge on any atom is 0.244 e. The topological polar surface area (TPSA) is 60.2 Å². The average molecular weight is 185 g/mol. The van der Waals surface area contributed by atoms with Crippen LogP contribution in [-0.2, 0) is 11.3 Å². The van der Waals surface area contributed by atoms with E-state index >= 15 is 0 Å². The fourth-order valence-electron chi connectivity index (χ4n) is 0.835. The first kappa shape index (κ1) is 10.1. The van der Waals surface area contributed by atoms with Crippen molar-refractivity contribution in [1.82, 2.24) is 15.5 Å². The van der Waals surface area contributed by atoms with Crippen LogP contribution in [-0.4, -0.2) is 23.9 Å². The summed E-state index contributed by atoms with van der Waals surface area (Å²) in [6, 6.07) is 0. The van der Waals surface area contributed by atoms with Gasteiger partial charge in [-0.25, -0.2) is 0 Å². The van der Waals surface area contributed by atoms with Crippen molar-refractivity contribution in [2.24, 2.45) is 0 Å². The maximum absolute atomic E-state index is 5.33. The van der Waals surface area contributed by atoms with Gasteiger partial charge >= 0.3 is 0 Å². The minimum Gasteiger partial charge on any atom is -0.421 e. The number of hydrogen-bond donors (Lipinski definition) is 1. The van der Waals surface area contributed by atoms with Crippen molar-refractivity contribution in [3.05, 3.63) is 11.8 Å². The van der Waals surface area contributed by atoms with Crippen LogP contribution in [0.4, 0.5) is 0 Å². The molecule has 0 spiro atoms. The number of aromatic nitrogens is 2. The van der Waals surface area contributed by atoms with Gasteiger partial charge in [0.15, 0.2) is 0 Å². The second kappa shape index (κ2) is 4.94. The lowest BCUT2D eigenvalue weighted by Gasteiger charge is -2.01. The molecule has 0 saturated heterocycles. The molecule has 0 fully saturated rings. The Morgan fingerprint density at radius 3 is 2.92 bits per heavy atom. The minimum atomic E-state index is -0.136. The van der Waals surface area contributed by atoms with E-state index in [9.17, 15) is 0 Å². The molecule has 5 nitrogen and oxygen atoms in total. The third-order valence-corrected chi connectivity index (χ3v) is 1.71. The Labute approximate surface area is 77.5 Å². The Balaban J connectivity index is 2.53. The van der Waals surface area contributed by atoms with Gasteiger partial charge in [0.2, 0.25) is 11.8 Å². The van der Waals surface area contributed by atoms with E-state index in [-0.39, 0.29) is 6.10 Å². The number of methoxy groups -OCH3 is 1. The number of nitrogens with one attached hydrogen (secondary N) is 1. The zero-order valence-corrected chi connectivity index (χ0v) is 8.20. The van der Waals surface area contributed by atoms with Crippen LogP contribution in [0.5, 0.6) is 0 Å². The predicted molar refractivity (Wildman–Crippen MR) is 47.1 cm³/mol. The van der Waals surface area contributed by atoms with E-state index in [0.717, 1.165) is 6.54 Å². The molecule has 0 bridgehead atoms. The molecule has 1 aromatic heterocycles. The van der Waals surface area contributed by atoms with Crippen LogP contribution >= 0.6 is 0 Å². The normalized spacial score (nSPS) is 13.2. The van der Waals surface area contributed by atoms with Crippen molar-refractivity contribution in [1.29, 1.82) is 0 Å². The highest BCUT2D eigenvalue weighted by molar-refractivity contribution is 4.84. The lowest BCUT2D eigenvalue weighted by Crippen LogP contribution is -2.11. The van der Waals surface area contributed by atoms with Crippen molar-refractivity contribution in [2.75, 3.05) is 13.7 Å². The van der Waals surface area contributed by atoms with E-state index in [1.807, 2.05) is 13.8 Å². The minimum absolute atomic E-state index is 0.136. The smallest absolute Gasteiger partial charge is 0.244 e. The van der Waals surface area contributed by atoms with E-state index in [4.69, 9.17) is 9.15 Å². The van der Waals surface area contributed by atoms with Crippen LogP contribution in [0.2, 0.25) is 0 Å². The summed E-state index contributed by atoms with van der Waals surface area (Å²) in [4.78, 5) is 0. The molecule has 0 aliphatic carbocycles. The average Bonchev–Trinajstić information content (AvgIpc) is 2.62. The SMILES string of the molecule is CCNCc1nnc(C(C)OC)o1. The third kappa shape index (κ3) is 2.78. The molecule has 5 heteroatoms. The summed E-state index contributed by atoms with van der Waals surface area (Å²) in [5.74, 6) is 1.12. The fourth-order valence-corrected chi connectivity index (χ4v) is 0.835. The van der Waals surface area contributed by atoms with Crippen molar-refractivity contribution >= 4 is 0 Å². The molecule has 0 amide bonds. The molecule has 0 aromatic carbocycles. The highest BCUT2D eigenvalue weighted by atomic mass is 16.5. The number of ether oxygens (including phenoxy) is 1.